The Bertz CT molecular complexity index is 1080. The third-order valence-electron chi connectivity index (χ3n) is 6.34. The molecule has 180 valence electrons. The standard InChI is InChI=1S/C27H33N3O3S/c28-34(31,32)29-26-13-11-22(12-14-26)15-18-30-19-16-23(17-20-30)21-33-27(24-7-3-1-4-8-24)25-9-5-2-6-10-25/h1-14,23,27,29H,15-21H2,(H2,28,31,32). The Balaban J connectivity index is 1.23. The number of nitrogens with two attached hydrogens (primary N) is 1. The average Bonchev–Trinajstić information content (AvgIpc) is 2.85. The lowest BCUT2D eigenvalue weighted by atomic mass is 9.96. The zero-order valence-electron chi connectivity index (χ0n) is 19.3. The number of nitrogens with zero attached hydrogens (tertiary/aromatic N) is 1. The second-order valence-electron chi connectivity index (χ2n) is 8.91. The minimum atomic E-state index is -3.74. The van der Waals surface area contributed by atoms with Gasteiger partial charge in [0, 0.05) is 12.2 Å². The second kappa shape index (κ2) is 11.6. The molecule has 0 spiro atoms. The molecule has 4 rings (SSSR count). The number of anilines is 1. The van der Waals surface area contributed by atoms with Gasteiger partial charge in [-0.2, -0.15) is 8.42 Å². The van der Waals surface area contributed by atoms with Gasteiger partial charge in [0.1, 0.15) is 6.10 Å². The van der Waals surface area contributed by atoms with Crippen molar-refractivity contribution in [1.82, 2.24) is 4.90 Å². The molecule has 6 nitrogen and oxygen atoms in total. The molecule has 1 aliphatic rings. The number of nitrogens with one attached hydrogen (secondary N) is 1. The third kappa shape index (κ3) is 7.40. The van der Waals surface area contributed by atoms with Gasteiger partial charge in [0.25, 0.3) is 10.2 Å². The van der Waals surface area contributed by atoms with Crippen molar-refractivity contribution in [3.05, 3.63) is 102 Å². The first kappa shape index (κ1) is 24.4. The number of rotatable bonds is 10. The minimum absolute atomic E-state index is 0.0350. The van der Waals surface area contributed by atoms with Crippen molar-refractivity contribution in [2.75, 3.05) is 31.0 Å². The van der Waals surface area contributed by atoms with E-state index in [2.05, 4.69) is 58.2 Å². The molecular formula is C27H33N3O3S. The highest BCUT2D eigenvalue weighted by Gasteiger charge is 2.22. The van der Waals surface area contributed by atoms with E-state index in [1.807, 2.05) is 24.3 Å². The lowest BCUT2D eigenvalue weighted by molar-refractivity contribution is 0.0311. The number of ether oxygens (including phenoxy) is 1. The van der Waals surface area contributed by atoms with Gasteiger partial charge < -0.3 is 9.64 Å². The topological polar surface area (TPSA) is 84.7 Å². The molecule has 0 atom stereocenters. The molecule has 0 aliphatic carbocycles. The summed E-state index contributed by atoms with van der Waals surface area (Å²) in [5.74, 6) is 0.565. The lowest BCUT2D eigenvalue weighted by Gasteiger charge is -2.32. The highest BCUT2D eigenvalue weighted by molar-refractivity contribution is 7.90. The van der Waals surface area contributed by atoms with Crippen LogP contribution in [-0.2, 0) is 21.4 Å². The van der Waals surface area contributed by atoms with Crippen molar-refractivity contribution in [2.45, 2.75) is 25.4 Å². The molecule has 0 radical (unpaired) electrons. The first-order valence-electron chi connectivity index (χ1n) is 11.8. The van der Waals surface area contributed by atoms with Gasteiger partial charge in [0.2, 0.25) is 0 Å². The van der Waals surface area contributed by atoms with Gasteiger partial charge in [-0.25, -0.2) is 5.14 Å². The smallest absolute Gasteiger partial charge is 0.296 e. The number of benzene rings is 3. The average molecular weight is 480 g/mol. The van der Waals surface area contributed by atoms with Crippen molar-refractivity contribution in [3.8, 4) is 0 Å². The SMILES string of the molecule is NS(=O)(=O)Nc1ccc(CCN2CCC(COC(c3ccccc3)c3ccccc3)CC2)cc1. The van der Waals surface area contributed by atoms with Gasteiger partial charge in [-0.1, -0.05) is 72.8 Å². The summed E-state index contributed by atoms with van der Waals surface area (Å²) >= 11 is 0. The quantitative estimate of drug-likeness (QED) is 0.452. The Morgan fingerprint density at radius 3 is 1.97 bits per heavy atom. The van der Waals surface area contributed by atoms with E-state index in [0.29, 0.717) is 11.6 Å². The molecule has 7 heteroatoms. The summed E-state index contributed by atoms with van der Waals surface area (Å²) in [5, 5.41) is 5.02. The van der Waals surface area contributed by atoms with Crippen LogP contribution in [-0.4, -0.2) is 39.6 Å². The first-order valence-corrected chi connectivity index (χ1v) is 13.3. The zero-order valence-corrected chi connectivity index (χ0v) is 20.2. The van der Waals surface area contributed by atoms with E-state index in [1.54, 1.807) is 12.1 Å². The molecule has 1 saturated heterocycles. The van der Waals surface area contributed by atoms with Crippen LogP contribution >= 0.6 is 0 Å². The Hall–Kier alpha value is -2.71. The minimum Gasteiger partial charge on any atom is -0.368 e. The van der Waals surface area contributed by atoms with E-state index < -0.39 is 10.2 Å². The monoisotopic (exact) mass is 479 g/mol. The van der Waals surface area contributed by atoms with E-state index in [0.717, 1.165) is 45.5 Å². The predicted octanol–water partition coefficient (Wildman–Crippen LogP) is 4.36. The predicted molar refractivity (Wildman–Crippen MR) is 137 cm³/mol. The molecule has 1 heterocycles. The first-order chi connectivity index (χ1) is 16.5. The van der Waals surface area contributed by atoms with Crippen molar-refractivity contribution in [3.63, 3.8) is 0 Å². The number of likely N-dealkylation sites (tertiary alicyclic amines) is 1. The summed E-state index contributed by atoms with van der Waals surface area (Å²) in [6, 6.07) is 28.3. The maximum atomic E-state index is 11.1. The van der Waals surface area contributed by atoms with E-state index in [1.165, 1.54) is 16.7 Å². The molecular weight excluding hydrogens is 446 g/mol. The molecule has 34 heavy (non-hydrogen) atoms. The van der Waals surface area contributed by atoms with E-state index in [9.17, 15) is 8.42 Å². The Morgan fingerprint density at radius 2 is 1.44 bits per heavy atom. The summed E-state index contributed by atoms with van der Waals surface area (Å²) in [4.78, 5) is 2.50. The van der Waals surface area contributed by atoms with Crippen molar-refractivity contribution < 1.29 is 13.2 Å². The Morgan fingerprint density at radius 1 is 0.882 bits per heavy atom. The van der Waals surface area contributed by atoms with E-state index in [4.69, 9.17) is 9.88 Å². The Labute approximate surface area is 202 Å². The van der Waals surface area contributed by atoms with Crippen molar-refractivity contribution in [1.29, 1.82) is 0 Å². The summed E-state index contributed by atoms with van der Waals surface area (Å²) in [6.07, 6.45) is 3.16. The van der Waals surface area contributed by atoms with Crippen LogP contribution in [0.15, 0.2) is 84.9 Å². The molecule has 3 aromatic carbocycles. The fraction of sp³-hybridized carbons (Fsp3) is 0.333. The maximum Gasteiger partial charge on any atom is 0.296 e. The van der Waals surface area contributed by atoms with Gasteiger partial charge in [0.05, 0.1) is 6.61 Å². The zero-order chi connectivity index (χ0) is 23.8. The molecule has 3 aromatic rings. The highest BCUT2D eigenvalue weighted by Crippen LogP contribution is 2.28. The second-order valence-corrected chi connectivity index (χ2v) is 10.2. The third-order valence-corrected chi connectivity index (χ3v) is 6.86. The number of hydrogen-bond acceptors (Lipinski definition) is 4. The lowest BCUT2D eigenvalue weighted by Crippen LogP contribution is -2.36. The molecule has 1 fully saturated rings. The van der Waals surface area contributed by atoms with Crippen LogP contribution in [0, 0.1) is 5.92 Å². The van der Waals surface area contributed by atoms with Gasteiger partial charge in [-0.15, -0.1) is 0 Å². The fourth-order valence-corrected chi connectivity index (χ4v) is 4.91. The molecule has 0 amide bonds. The van der Waals surface area contributed by atoms with E-state index >= 15 is 0 Å². The van der Waals surface area contributed by atoms with Gasteiger partial charge in [0.15, 0.2) is 0 Å². The molecule has 0 bridgehead atoms. The van der Waals surface area contributed by atoms with Crippen molar-refractivity contribution in [2.24, 2.45) is 11.1 Å². The molecule has 0 saturated carbocycles. The van der Waals surface area contributed by atoms with Crippen LogP contribution in [0.1, 0.15) is 35.6 Å². The highest BCUT2D eigenvalue weighted by atomic mass is 32.2. The summed E-state index contributed by atoms with van der Waals surface area (Å²) in [5.41, 5.74) is 4.04. The summed E-state index contributed by atoms with van der Waals surface area (Å²) in [6.45, 7) is 3.90. The molecule has 0 unspecified atom stereocenters. The molecule has 0 aromatic heterocycles. The van der Waals surface area contributed by atoms with Crippen LogP contribution in [0.2, 0.25) is 0 Å². The van der Waals surface area contributed by atoms with Crippen LogP contribution in [0.4, 0.5) is 5.69 Å². The number of piperidine rings is 1. The Kier molecular flexibility index (Phi) is 8.34. The summed E-state index contributed by atoms with van der Waals surface area (Å²) in [7, 11) is -3.74. The fourth-order valence-electron chi connectivity index (χ4n) is 4.44. The van der Waals surface area contributed by atoms with Crippen molar-refractivity contribution >= 4 is 15.9 Å². The molecule has 1 aliphatic heterocycles. The van der Waals surface area contributed by atoms with Gasteiger partial charge >= 0.3 is 0 Å². The van der Waals surface area contributed by atoms with Crippen LogP contribution in [0.3, 0.4) is 0 Å². The van der Waals surface area contributed by atoms with Gasteiger partial charge in [-0.05, 0) is 67.1 Å². The van der Waals surface area contributed by atoms with Crippen LogP contribution < -0.4 is 9.86 Å². The van der Waals surface area contributed by atoms with Crippen LogP contribution in [0.25, 0.3) is 0 Å². The summed E-state index contributed by atoms with van der Waals surface area (Å²) < 4.78 is 31.0. The number of hydrogen-bond donors (Lipinski definition) is 2. The normalized spacial score (nSPS) is 15.5. The largest absolute Gasteiger partial charge is 0.368 e. The van der Waals surface area contributed by atoms with Crippen LogP contribution in [0.5, 0.6) is 0 Å². The molecule has 3 N–H and O–H groups in total. The van der Waals surface area contributed by atoms with Gasteiger partial charge in [-0.3, -0.25) is 4.72 Å². The van der Waals surface area contributed by atoms with E-state index in [-0.39, 0.29) is 6.10 Å². The maximum absolute atomic E-state index is 11.1.